The Kier molecular flexibility index (Phi) is 13.5. The van der Waals surface area contributed by atoms with Gasteiger partial charge in [0.05, 0.1) is 37.3 Å². The molecular weight excluding hydrogens is 639 g/mol. The minimum absolute atomic E-state index is 0.00523. The van der Waals surface area contributed by atoms with Gasteiger partial charge in [-0.1, -0.05) is 79.2 Å². The zero-order valence-electron chi connectivity index (χ0n) is 27.8. The first-order valence-electron chi connectivity index (χ1n) is 16.7. The Morgan fingerprint density at radius 3 is 2.24 bits per heavy atom. The molecule has 0 aromatic heterocycles. The molecule has 2 amide bonds. The molecule has 0 aliphatic carbocycles. The molecule has 9 nitrogen and oxygen atoms in total. The molecule has 1 heterocycles. The molecule has 258 valence electrons. The number of methoxy groups -OCH3 is 1. The molecule has 4 aromatic rings. The molecule has 1 fully saturated rings. The number of para-hydroxylation sites is 3. The highest BCUT2D eigenvalue weighted by molar-refractivity contribution is 7.99. The fourth-order valence-electron chi connectivity index (χ4n) is 5.60. The topological polar surface area (TPSA) is 132 Å². The molecule has 5 rings (SSSR count). The van der Waals surface area contributed by atoms with Crippen molar-refractivity contribution in [3.05, 3.63) is 119 Å². The molecule has 0 bridgehead atoms. The van der Waals surface area contributed by atoms with Crippen LogP contribution >= 0.6 is 11.8 Å². The van der Waals surface area contributed by atoms with Crippen molar-refractivity contribution in [3.63, 3.8) is 0 Å². The number of anilines is 2. The number of nitrogen functional groups attached to an aromatic ring is 1. The molecule has 0 radical (unpaired) electrons. The molecule has 4 aromatic carbocycles. The summed E-state index contributed by atoms with van der Waals surface area (Å²) in [7, 11) is 1.68. The molecule has 1 aliphatic rings. The van der Waals surface area contributed by atoms with Crippen LogP contribution in [-0.2, 0) is 32.2 Å². The van der Waals surface area contributed by atoms with E-state index in [0.717, 1.165) is 45.1 Å². The molecular formula is C39H45N3O6S. The van der Waals surface area contributed by atoms with Gasteiger partial charge in [0, 0.05) is 42.0 Å². The zero-order chi connectivity index (χ0) is 34.4. The summed E-state index contributed by atoms with van der Waals surface area (Å²) in [4.78, 5) is 25.7. The van der Waals surface area contributed by atoms with Crippen LogP contribution in [0.15, 0.2) is 102 Å². The normalized spacial score (nSPS) is 17.3. The highest BCUT2D eigenvalue weighted by Crippen LogP contribution is 2.40. The van der Waals surface area contributed by atoms with Gasteiger partial charge >= 0.3 is 0 Å². The lowest BCUT2D eigenvalue weighted by molar-refractivity contribution is -0.245. The smallest absolute Gasteiger partial charge is 0.224 e. The number of carbonyl (C=O) groups excluding carboxylic acids is 2. The van der Waals surface area contributed by atoms with Gasteiger partial charge in [0.25, 0.3) is 0 Å². The fourth-order valence-corrected chi connectivity index (χ4v) is 6.65. The van der Waals surface area contributed by atoms with Crippen LogP contribution in [0.5, 0.6) is 5.75 Å². The van der Waals surface area contributed by atoms with Gasteiger partial charge < -0.3 is 35.7 Å². The number of unbranched alkanes of at least 4 members (excludes halogenated alkanes) is 2. The number of benzene rings is 4. The third kappa shape index (κ3) is 10.8. The number of carbonyl (C=O) groups is 2. The van der Waals surface area contributed by atoms with Gasteiger partial charge in [0.1, 0.15) is 5.75 Å². The first kappa shape index (κ1) is 35.9. The first-order chi connectivity index (χ1) is 23.9. The SMILES string of the molecule is COc1ccccc1SC[C@H]1C[C@@H](c2ccc(CO)cc2)O[C@@H](c2ccc(CNC(=O)CCCCCC(=O)Nc3ccccc3N)cc2)O1. The summed E-state index contributed by atoms with van der Waals surface area (Å²) >= 11 is 1.70. The van der Waals surface area contributed by atoms with Crippen LogP contribution < -0.4 is 21.1 Å². The molecule has 3 atom stereocenters. The number of nitrogens with one attached hydrogen (secondary N) is 2. The Morgan fingerprint density at radius 2 is 1.51 bits per heavy atom. The van der Waals surface area contributed by atoms with E-state index in [0.29, 0.717) is 50.0 Å². The van der Waals surface area contributed by atoms with Crippen molar-refractivity contribution in [1.82, 2.24) is 5.32 Å². The van der Waals surface area contributed by atoms with Crippen LogP contribution in [0.1, 0.15) is 73.2 Å². The largest absolute Gasteiger partial charge is 0.496 e. The summed E-state index contributed by atoms with van der Waals surface area (Å²) in [5.74, 6) is 1.47. The lowest BCUT2D eigenvalue weighted by Gasteiger charge is -2.36. The standard InChI is InChI=1S/C39H45N3O6S/c1-46-34-11-7-8-12-36(34)49-26-31-23-35(29-19-17-28(25-43)18-20-29)48-39(47-31)30-21-15-27(16-22-30)24-41-37(44)13-3-2-4-14-38(45)42-33-10-6-5-9-32(33)40/h5-12,15-22,31,35,39,43H,2-4,13-14,23-26,40H2,1H3,(H,41,44)(H,42,45)/t31-,35+,39+/m1/s1. The molecule has 0 spiro atoms. The maximum Gasteiger partial charge on any atom is 0.224 e. The average Bonchev–Trinajstić information content (AvgIpc) is 3.14. The average molecular weight is 684 g/mol. The van der Waals surface area contributed by atoms with Crippen molar-refractivity contribution >= 4 is 35.0 Å². The first-order valence-corrected chi connectivity index (χ1v) is 17.7. The van der Waals surface area contributed by atoms with Crippen LogP contribution in [0, 0.1) is 0 Å². The van der Waals surface area contributed by atoms with E-state index < -0.39 is 6.29 Å². The summed E-state index contributed by atoms with van der Waals surface area (Å²) in [5.41, 5.74) is 10.8. The molecule has 5 N–H and O–H groups in total. The Labute approximate surface area is 292 Å². The third-order valence-electron chi connectivity index (χ3n) is 8.39. The number of ether oxygens (including phenoxy) is 3. The van der Waals surface area contributed by atoms with E-state index in [1.54, 1.807) is 31.0 Å². The summed E-state index contributed by atoms with van der Waals surface area (Å²) in [5, 5.41) is 15.3. The second kappa shape index (κ2) is 18.4. The Balaban J connectivity index is 1.10. The van der Waals surface area contributed by atoms with E-state index in [1.807, 2.05) is 84.9 Å². The third-order valence-corrected chi connectivity index (χ3v) is 9.58. The summed E-state index contributed by atoms with van der Waals surface area (Å²) < 4.78 is 18.5. The number of hydrogen-bond donors (Lipinski definition) is 4. The van der Waals surface area contributed by atoms with Gasteiger partial charge in [0.15, 0.2) is 6.29 Å². The number of amides is 2. The van der Waals surface area contributed by atoms with E-state index >= 15 is 0 Å². The Hall–Kier alpha value is -4.35. The maximum atomic E-state index is 12.5. The van der Waals surface area contributed by atoms with Gasteiger partial charge in [0.2, 0.25) is 11.8 Å². The quantitative estimate of drug-likeness (QED) is 0.0549. The van der Waals surface area contributed by atoms with Crippen LogP contribution in [0.2, 0.25) is 0 Å². The van der Waals surface area contributed by atoms with Gasteiger partial charge in [-0.15, -0.1) is 11.8 Å². The minimum atomic E-state index is -0.560. The number of rotatable bonds is 16. The lowest BCUT2D eigenvalue weighted by Crippen LogP contribution is -2.31. The zero-order valence-corrected chi connectivity index (χ0v) is 28.6. The highest BCUT2D eigenvalue weighted by atomic mass is 32.2. The van der Waals surface area contributed by atoms with Gasteiger partial charge in [-0.2, -0.15) is 0 Å². The maximum absolute atomic E-state index is 12.5. The van der Waals surface area contributed by atoms with Gasteiger partial charge in [-0.3, -0.25) is 9.59 Å². The second-order valence-electron chi connectivity index (χ2n) is 12.0. The summed E-state index contributed by atoms with van der Waals surface area (Å²) in [6.45, 7) is 0.416. The number of thioether (sulfide) groups is 1. The summed E-state index contributed by atoms with van der Waals surface area (Å²) in [6.07, 6.45) is 2.87. The lowest BCUT2D eigenvalue weighted by atomic mass is 10.0. The Morgan fingerprint density at radius 1 is 0.837 bits per heavy atom. The minimum Gasteiger partial charge on any atom is -0.496 e. The number of aliphatic hydroxyl groups excluding tert-OH is 1. The molecule has 49 heavy (non-hydrogen) atoms. The monoisotopic (exact) mass is 683 g/mol. The fraction of sp³-hybridized carbons (Fsp3) is 0.333. The molecule has 1 saturated heterocycles. The summed E-state index contributed by atoms with van der Waals surface area (Å²) in [6, 6.07) is 31.0. The molecule has 0 unspecified atom stereocenters. The predicted octanol–water partition coefficient (Wildman–Crippen LogP) is 7.31. The number of nitrogens with two attached hydrogens (primary N) is 1. The molecule has 0 saturated carbocycles. The van der Waals surface area contributed by atoms with Gasteiger partial charge in [-0.25, -0.2) is 0 Å². The van der Waals surface area contributed by atoms with Crippen LogP contribution in [0.25, 0.3) is 0 Å². The Bertz CT molecular complexity index is 1650. The number of hydrogen-bond acceptors (Lipinski definition) is 8. The van der Waals surface area contributed by atoms with E-state index in [2.05, 4.69) is 10.6 Å². The van der Waals surface area contributed by atoms with Crippen molar-refractivity contribution < 1.29 is 28.9 Å². The molecule has 1 aliphatic heterocycles. The van der Waals surface area contributed by atoms with Gasteiger partial charge in [-0.05, 0) is 53.8 Å². The predicted molar refractivity (Wildman–Crippen MR) is 193 cm³/mol. The van der Waals surface area contributed by atoms with Crippen LogP contribution in [-0.4, -0.2) is 35.9 Å². The van der Waals surface area contributed by atoms with Crippen molar-refractivity contribution in [3.8, 4) is 5.75 Å². The second-order valence-corrected chi connectivity index (χ2v) is 13.1. The van der Waals surface area contributed by atoms with Crippen molar-refractivity contribution in [2.45, 2.75) is 75.1 Å². The van der Waals surface area contributed by atoms with E-state index in [-0.39, 0.29) is 30.6 Å². The van der Waals surface area contributed by atoms with Crippen LogP contribution in [0.4, 0.5) is 11.4 Å². The van der Waals surface area contributed by atoms with Crippen molar-refractivity contribution in [2.24, 2.45) is 0 Å². The van der Waals surface area contributed by atoms with Crippen LogP contribution in [0.3, 0.4) is 0 Å². The van der Waals surface area contributed by atoms with Crippen molar-refractivity contribution in [2.75, 3.05) is 23.9 Å². The van der Waals surface area contributed by atoms with E-state index in [1.165, 1.54) is 0 Å². The highest BCUT2D eigenvalue weighted by Gasteiger charge is 2.32. The number of aliphatic hydroxyl groups is 1. The molecule has 10 heteroatoms. The van der Waals surface area contributed by atoms with Crippen molar-refractivity contribution in [1.29, 1.82) is 0 Å². The van der Waals surface area contributed by atoms with E-state index in [9.17, 15) is 14.7 Å². The van der Waals surface area contributed by atoms with E-state index in [4.69, 9.17) is 19.9 Å².